The van der Waals surface area contributed by atoms with Crippen molar-refractivity contribution in [1.82, 2.24) is 4.90 Å². The third kappa shape index (κ3) is 11.3. The number of hydrogen-bond acceptors (Lipinski definition) is 6. The van der Waals surface area contributed by atoms with Crippen molar-refractivity contribution in [2.24, 2.45) is 0 Å². The maximum absolute atomic E-state index is 11.9. The molecular formula is C39H42N2O5. The topological polar surface area (TPSA) is 99.9 Å². The van der Waals surface area contributed by atoms with E-state index >= 15 is 0 Å². The lowest BCUT2D eigenvalue weighted by molar-refractivity contribution is -0.143. The van der Waals surface area contributed by atoms with Crippen LogP contribution in [0.3, 0.4) is 0 Å². The molecule has 0 heterocycles. The van der Waals surface area contributed by atoms with Gasteiger partial charge in [-0.3, -0.25) is 9.69 Å². The first-order valence-corrected chi connectivity index (χ1v) is 15.9. The lowest BCUT2D eigenvalue weighted by Gasteiger charge is -2.28. The Kier molecular flexibility index (Phi) is 13.5. The molecule has 0 radical (unpaired) electrons. The molecule has 1 atom stereocenters. The van der Waals surface area contributed by atoms with Gasteiger partial charge in [-0.25, -0.2) is 4.79 Å². The highest BCUT2D eigenvalue weighted by atomic mass is 16.5. The average molecular weight is 619 g/mol. The molecule has 1 N–H and O–H groups in total. The minimum atomic E-state index is -0.961. The number of hydrogen-bond donors (Lipinski definition) is 1. The molecule has 4 aromatic rings. The van der Waals surface area contributed by atoms with Gasteiger partial charge in [0.15, 0.2) is 0 Å². The van der Waals surface area contributed by atoms with E-state index in [4.69, 9.17) is 9.47 Å². The predicted molar refractivity (Wildman–Crippen MR) is 178 cm³/mol. The Balaban J connectivity index is 1.47. The molecule has 0 fully saturated rings. The molecule has 0 saturated carbocycles. The van der Waals surface area contributed by atoms with Crippen LogP contribution in [0.4, 0.5) is 0 Å². The number of carbonyl (C=O) groups excluding carboxylic acids is 1. The van der Waals surface area contributed by atoms with Gasteiger partial charge >= 0.3 is 11.9 Å². The number of esters is 1. The molecule has 0 aliphatic carbocycles. The zero-order valence-corrected chi connectivity index (χ0v) is 26.4. The standard InChI is InChI=1S/C39H42N2O5/c1-2-45-38(42)13-6-7-24-41(27-32-20-22-35(23-21-32)39(43)44)28-37(36-12-8-11-34(25-36)26-40)46-29-33-18-16-31(17-19-33)15-14-30-9-4-3-5-10-30/h3-5,8-12,16-23,25,37H,2,6-7,13-15,24,27-29H2,1H3,(H,43,44)/t37-/m0/s1. The fourth-order valence-corrected chi connectivity index (χ4v) is 5.31. The number of carboxylic acid groups (broad SMARTS) is 1. The Morgan fingerprint density at radius 3 is 2.17 bits per heavy atom. The van der Waals surface area contributed by atoms with Gasteiger partial charge < -0.3 is 14.6 Å². The van der Waals surface area contributed by atoms with Crippen LogP contribution < -0.4 is 0 Å². The summed E-state index contributed by atoms with van der Waals surface area (Å²) in [6, 6.07) is 35.7. The molecule has 0 aromatic heterocycles. The SMILES string of the molecule is CCOC(=O)CCCCN(Cc1ccc(C(=O)O)cc1)C[C@H](OCc1ccc(CCc2ccccc2)cc1)c1cccc(C#N)c1. The number of carbonyl (C=O) groups is 2. The van der Waals surface area contributed by atoms with Gasteiger partial charge in [-0.05, 0) is 91.2 Å². The molecule has 238 valence electrons. The summed E-state index contributed by atoms with van der Waals surface area (Å²) in [5.41, 5.74) is 6.36. The van der Waals surface area contributed by atoms with E-state index in [-0.39, 0.29) is 17.6 Å². The first-order chi connectivity index (χ1) is 22.4. The summed E-state index contributed by atoms with van der Waals surface area (Å²) < 4.78 is 11.7. The Hall–Kier alpha value is -4.77. The molecule has 7 nitrogen and oxygen atoms in total. The first kappa shape index (κ1) is 34.1. The van der Waals surface area contributed by atoms with E-state index in [9.17, 15) is 20.0 Å². The normalized spacial score (nSPS) is 11.6. The van der Waals surface area contributed by atoms with Crippen LogP contribution in [0, 0.1) is 11.3 Å². The summed E-state index contributed by atoms with van der Waals surface area (Å²) >= 11 is 0. The largest absolute Gasteiger partial charge is 0.478 e. The Bertz CT molecular complexity index is 1560. The number of carboxylic acids is 1. The fourth-order valence-electron chi connectivity index (χ4n) is 5.31. The number of benzene rings is 4. The minimum Gasteiger partial charge on any atom is -0.478 e. The van der Waals surface area contributed by atoms with Crippen LogP contribution in [-0.2, 0) is 40.3 Å². The lowest BCUT2D eigenvalue weighted by atomic mass is 10.0. The number of ether oxygens (including phenoxy) is 2. The zero-order chi connectivity index (χ0) is 32.6. The quantitative estimate of drug-likeness (QED) is 0.0909. The molecule has 4 aromatic carbocycles. The summed E-state index contributed by atoms with van der Waals surface area (Å²) in [5.74, 6) is -1.16. The van der Waals surface area contributed by atoms with E-state index in [0.29, 0.717) is 51.3 Å². The summed E-state index contributed by atoms with van der Waals surface area (Å²) in [6.07, 6.45) is 3.46. The highest BCUT2D eigenvalue weighted by molar-refractivity contribution is 5.87. The van der Waals surface area contributed by atoms with Crippen LogP contribution in [0.25, 0.3) is 0 Å². The first-order valence-electron chi connectivity index (χ1n) is 15.9. The number of nitrogens with zero attached hydrogens (tertiary/aromatic N) is 2. The number of nitriles is 1. The second-order valence-electron chi connectivity index (χ2n) is 11.3. The van der Waals surface area contributed by atoms with E-state index in [1.807, 2.05) is 36.4 Å². The number of aryl methyl sites for hydroxylation is 2. The maximum Gasteiger partial charge on any atom is 0.335 e. The smallest absolute Gasteiger partial charge is 0.335 e. The summed E-state index contributed by atoms with van der Waals surface area (Å²) in [5, 5.41) is 18.9. The Morgan fingerprint density at radius 1 is 0.826 bits per heavy atom. The molecule has 46 heavy (non-hydrogen) atoms. The van der Waals surface area contributed by atoms with Gasteiger partial charge in [-0.2, -0.15) is 5.26 Å². The molecule has 7 heteroatoms. The van der Waals surface area contributed by atoms with Crippen LogP contribution in [0.2, 0.25) is 0 Å². The van der Waals surface area contributed by atoms with Crippen molar-refractivity contribution in [3.8, 4) is 6.07 Å². The molecule has 0 unspecified atom stereocenters. The monoisotopic (exact) mass is 618 g/mol. The third-order valence-corrected chi connectivity index (χ3v) is 7.85. The highest BCUT2D eigenvalue weighted by Crippen LogP contribution is 2.24. The molecule has 0 saturated heterocycles. The summed E-state index contributed by atoms with van der Waals surface area (Å²) in [4.78, 5) is 25.5. The summed E-state index contributed by atoms with van der Waals surface area (Å²) in [7, 11) is 0. The molecule has 4 rings (SSSR count). The van der Waals surface area contributed by atoms with Crippen LogP contribution >= 0.6 is 0 Å². The van der Waals surface area contributed by atoms with E-state index in [1.165, 1.54) is 11.1 Å². The van der Waals surface area contributed by atoms with Crippen molar-refractivity contribution in [2.45, 2.75) is 58.3 Å². The van der Waals surface area contributed by atoms with Gasteiger partial charge in [0.2, 0.25) is 0 Å². The molecule has 0 bridgehead atoms. The fraction of sp³-hybridized carbons (Fsp3) is 0.308. The Labute approximate surface area is 272 Å². The summed E-state index contributed by atoms with van der Waals surface area (Å²) in [6.45, 7) is 4.40. The van der Waals surface area contributed by atoms with Crippen LogP contribution in [0.5, 0.6) is 0 Å². The van der Waals surface area contributed by atoms with Crippen molar-refractivity contribution in [2.75, 3.05) is 19.7 Å². The maximum atomic E-state index is 11.9. The minimum absolute atomic E-state index is 0.195. The molecule has 0 aliphatic rings. The van der Waals surface area contributed by atoms with Crippen molar-refractivity contribution in [3.63, 3.8) is 0 Å². The second kappa shape index (κ2) is 18.3. The van der Waals surface area contributed by atoms with Crippen molar-refractivity contribution >= 4 is 11.9 Å². The third-order valence-electron chi connectivity index (χ3n) is 7.85. The van der Waals surface area contributed by atoms with Gasteiger partial charge in [-0.1, -0.05) is 78.9 Å². The number of rotatable bonds is 18. The lowest BCUT2D eigenvalue weighted by Crippen LogP contribution is -2.30. The Morgan fingerprint density at radius 2 is 1.50 bits per heavy atom. The zero-order valence-electron chi connectivity index (χ0n) is 26.4. The van der Waals surface area contributed by atoms with Gasteiger partial charge in [-0.15, -0.1) is 0 Å². The van der Waals surface area contributed by atoms with Gasteiger partial charge in [0.1, 0.15) is 0 Å². The van der Waals surface area contributed by atoms with Crippen LogP contribution in [-0.4, -0.2) is 41.6 Å². The van der Waals surface area contributed by atoms with Crippen molar-refractivity contribution in [3.05, 3.63) is 142 Å². The van der Waals surface area contributed by atoms with Gasteiger partial charge in [0, 0.05) is 19.5 Å². The average Bonchev–Trinajstić information content (AvgIpc) is 3.08. The van der Waals surface area contributed by atoms with E-state index in [0.717, 1.165) is 36.0 Å². The van der Waals surface area contributed by atoms with Crippen molar-refractivity contribution < 1.29 is 24.2 Å². The van der Waals surface area contributed by atoms with E-state index in [1.54, 1.807) is 25.1 Å². The molecule has 0 amide bonds. The molecular weight excluding hydrogens is 576 g/mol. The van der Waals surface area contributed by atoms with Gasteiger partial charge in [0.05, 0.1) is 36.5 Å². The molecule has 0 aliphatic heterocycles. The van der Waals surface area contributed by atoms with E-state index in [2.05, 4.69) is 59.5 Å². The van der Waals surface area contributed by atoms with Crippen LogP contribution in [0.1, 0.15) is 76.0 Å². The van der Waals surface area contributed by atoms with Gasteiger partial charge in [0.25, 0.3) is 0 Å². The number of unbranched alkanes of at least 4 members (excludes halogenated alkanes) is 1. The number of aromatic carboxylic acids is 1. The van der Waals surface area contributed by atoms with Crippen LogP contribution in [0.15, 0.2) is 103 Å². The molecule has 0 spiro atoms. The highest BCUT2D eigenvalue weighted by Gasteiger charge is 2.19. The second-order valence-corrected chi connectivity index (χ2v) is 11.3. The predicted octanol–water partition coefficient (Wildman–Crippen LogP) is 7.54. The van der Waals surface area contributed by atoms with E-state index < -0.39 is 5.97 Å². The van der Waals surface area contributed by atoms with Crippen molar-refractivity contribution in [1.29, 1.82) is 5.26 Å².